The number of benzene rings is 1. The maximum Gasteiger partial charge on any atom is 0.338 e. The van der Waals surface area contributed by atoms with Gasteiger partial charge in [0, 0.05) is 5.56 Å². The van der Waals surface area contributed by atoms with Gasteiger partial charge in [-0.1, -0.05) is 23.8 Å². The lowest BCUT2D eigenvalue weighted by molar-refractivity contribution is 0.0691. The smallest absolute Gasteiger partial charge is 0.338 e. The highest BCUT2D eigenvalue weighted by Crippen LogP contribution is 2.20. The van der Waals surface area contributed by atoms with Crippen molar-refractivity contribution >= 4 is 5.97 Å². The molecule has 0 aliphatic carbocycles. The van der Waals surface area contributed by atoms with E-state index in [2.05, 4.69) is 4.98 Å². The summed E-state index contributed by atoms with van der Waals surface area (Å²) in [6.45, 7) is 1.92. The SMILES string of the molecule is Cc1cccc(-c2cc(C(=O)O)c(F)cn2)c1. The number of carboxylic acid groups (broad SMARTS) is 1. The number of hydrogen-bond donors (Lipinski definition) is 1. The number of nitrogens with zero attached hydrogens (tertiary/aromatic N) is 1. The second kappa shape index (κ2) is 4.33. The van der Waals surface area contributed by atoms with Crippen molar-refractivity contribution in [3.8, 4) is 11.3 Å². The van der Waals surface area contributed by atoms with Crippen LogP contribution in [0.15, 0.2) is 36.5 Å². The number of halogens is 1. The highest BCUT2D eigenvalue weighted by Gasteiger charge is 2.12. The summed E-state index contributed by atoms with van der Waals surface area (Å²) in [4.78, 5) is 14.7. The normalized spacial score (nSPS) is 10.2. The molecule has 2 aromatic rings. The molecule has 0 unspecified atom stereocenters. The summed E-state index contributed by atoms with van der Waals surface area (Å²) in [5.41, 5.74) is 1.89. The number of rotatable bonds is 2. The van der Waals surface area contributed by atoms with E-state index in [4.69, 9.17) is 5.11 Å². The largest absolute Gasteiger partial charge is 0.478 e. The van der Waals surface area contributed by atoms with Crippen molar-refractivity contribution in [1.29, 1.82) is 0 Å². The Bertz CT molecular complexity index is 581. The molecule has 0 aliphatic rings. The fraction of sp³-hybridized carbons (Fsp3) is 0.0769. The minimum absolute atomic E-state index is 0.364. The van der Waals surface area contributed by atoms with Crippen molar-refractivity contribution in [2.45, 2.75) is 6.92 Å². The van der Waals surface area contributed by atoms with E-state index in [1.807, 2.05) is 25.1 Å². The molecule has 1 aromatic heterocycles. The van der Waals surface area contributed by atoms with Gasteiger partial charge in [-0.15, -0.1) is 0 Å². The van der Waals surface area contributed by atoms with Gasteiger partial charge in [0.15, 0.2) is 5.82 Å². The molecule has 0 atom stereocenters. The summed E-state index contributed by atoms with van der Waals surface area (Å²) in [6.07, 6.45) is 0.932. The second-order valence-electron chi connectivity index (χ2n) is 3.72. The number of hydrogen-bond acceptors (Lipinski definition) is 2. The molecule has 3 nitrogen and oxygen atoms in total. The lowest BCUT2D eigenvalue weighted by atomic mass is 10.1. The molecule has 0 radical (unpaired) electrons. The van der Waals surface area contributed by atoms with Crippen LogP contribution in [-0.4, -0.2) is 16.1 Å². The third kappa shape index (κ3) is 2.30. The summed E-state index contributed by atoms with van der Waals surface area (Å²) >= 11 is 0. The van der Waals surface area contributed by atoms with Crippen LogP contribution in [-0.2, 0) is 0 Å². The molecule has 0 saturated heterocycles. The second-order valence-corrected chi connectivity index (χ2v) is 3.72. The van der Waals surface area contributed by atoms with Gasteiger partial charge in [-0.2, -0.15) is 0 Å². The first kappa shape index (κ1) is 11.3. The minimum atomic E-state index is -1.29. The lowest BCUT2D eigenvalue weighted by Crippen LogP contribution is -2.02. The van der Waals surface area contributed by atoms with E-state index in [-0.39, 0.29) is 5.56 Å². The van der Waals surface area contributed by atoms with E-state index in [0.29, 0.717) is 5.69 Å². The van der Waals surface area contributed by atoms with Gasteiger partial charge in [-0.3, -0.25) is 4.98 Å². The number of carbonyl (C=O) groups is 1. The van der Waals surface area contributed by atoms with Crippen molar-refractivity contribution in [3.05, 3.63) is 53.5 Å². The zero-order chi connectivity index (χ0) is 12.4. The van der Waals surface area contributed by atoms with Crippen LogP contribution in [0.25, 0.3) is 11.3 Å². The Labute approximate surface area is 97.6 Å². The van der Waals surface area contributed by atoms with Gasteiger partial charge >= 0.3 is 5.97 Å². The molecule has 0 bridgehead atoms. The summed E-state index contributed by atoms with van der Waals surface area (Å²) in [5.74, 6) is -2.12. The number of aryl methyl sites for hydroxylation is 1. The molecule has 1 N–H and O–H groups in total. The first-order valence-electron chi connectivity index (χ1n) is 5.04. The van der Waals surface area contributed by atoms with E-state index < -0.39 is 11.8 Å². The number of aromatic nitrogens is 1. The fourth-order valence-corrected chi connectivity index (χ4v) is 1.56. The molecular weight excluding hydrogens is 221 g/mol. The molecular formula is C13H10FNO2. The van der Waals surface area contributed by atoms with E-state index in [9.17, 15) is 9.18 Å². The van der Waals surface area contributed by atoms with Gasteiger partial charge < -0.3 is 5.11 Å². The maximum atomic E-state index is 13.2. The molecule has 0 aliphatic heterocycles. The Hall–Kier alpha value is -2.23. The number of pyridine rings is 1. The molecule has 1 aromatic carbocycles. The maximum absolute atomic E-state index is 13.2. The van der Waals surface area contributed by atoms with Gasteiger partial charge in [-0.05, 0) is 19.1 Å². The average molecular weight is 231 g/mol. The Morgan fingerprint density at radius 1 is 1.35 bits per heavy atom. The van der Waals surface area contributed by atoms with Gasteiger partial charge in [0.25, 0.3) is 0 Å². The van der Waals surface area contributed by atoms with Crippen LogP contribution in [0.1, 0.15) is 15.9 Å². The van der Waals surface area contributed by atoms with Gasteiger partial charge in [0.1, 0.15) is 0 Å². The Balaban J connectivity index is 2.54. The van der Waals surface area contributed by atoms with Crippen molar-refractivity contribution in [2.75, 3.05) is 0 Å². The fourth-order valence-electron chi connectivity index (χ4n) is 1.56. The molecule has 17 heavy (non-hydrogen) atoms. The average Bonchev–Trinajstić information content (AvgIpc) is 2.29. The Morgan fingerprint density at radius 2 is 2.12 bits per heavy atom. The predicted molar refractivity (Wildman–Crippen MR) is 61.3 cm³/mol. The number of aromatic carboxylic acids is 1. The van der Waals surface area contributed by atoms with Crippen LogP contribution in [0.4, 0.5) is 4.39 Å². The third-order valence-electron chi connectivity index (χ3n) is 2.40. The molecule has 2 rings (SSSR count). The number of carboxylic acids is 1. The summed E-state index contributed by atoms with van der Waals surface area (Å²) < 4.78 is 13.2. The van der Waals surface area contributed by atoms with Crippen LogP contribution in [0.2, 0.25) is 0 Å². The van der Waals surface area contributed by atoms with Crippen LogP contribution in [0.5, 0.6) is 0 Å². The Kier molecular flexibility index (Phi) is 2.87. The molecule has 1 heterocycles. The Morgan fingerprint density at radius 3 is 2.76 bits per heavy atom. The van der Waals surface area contributed by atoms with E-state index in [1.54, 1.807) is 6.07 Å². The topological polar surface area (TPSA) is 50.2 Å². The molecule has 4 heteroatoms. The lowest BCUT2D eigenvalue weighted by Gasteiger charge is -2.04. The predicted octanol–water partition coefficient (Wildman–Crippen LogP) is 2.89. The van der Waals surface area contributed by atoms with Crippen molar-refractivity contribution in [3.63, 3.8) is 0 Å². The molecule has 86 valence electrons. The molecule has 0 fully saturated rings. The summed E-state index contributed by atoms with van der Waals surface area (Å²) in [6, 6.07) is 8.68. The minimum Gasteiger partial charge on any atom is -0.478 e. The zero-order valence-electron chi connectivity index (χ0n) is 9.14. The van der Waals surface area contributed by atoms with Crippen molar-refractivity contribution < 1.29 is 14.3 Å². The standard InChI is InChI=1S/C13H10FNO2/c1-8-3-2-4-9(5-8)12-6-10(13(16)17)11(14)7-15-12/h2-7H,1H3,(H,16,17). The van der Waals surface area contributed by atoms with Crippen LogP contribution in [0.3, 0.4) is 0 Å². The van der Waals surface area contributed by atoms with E-state index in [0.717, 1.165) is 17.3 Å². The summed E-state index contributed by atoms with van der Waals surface area (Å²) in [5, 5.41) is 8.82. The van der Waals surface area contributed by atoms with Crippen molar-refractivity contribution in [2.24, 2.45) is 0 Å². The van der Waals surface area contributed by atoms with E-state index >= 15 is 0 Å². The zero-order valence-corrected chi connectivity index (χ0v) is 9.14. The van der Waals surface area contributed by atoms with Crippen molar-refractivity contribution in [1.82, 2.24) is 4.98 Å². The van der Waals surface area contributed by atoms with E-state index in [1.165, 1.54) is 6.07 Å². The first-order valence-corrected chi connectivity index (χ1v) is 5.04. The quantitative estimate of drug-likeness (QED) is 0.864. The first-order chi connectivity index (χ1) is 8.08. The van der Waals surface area contributed by atoms with Crippen LogP contribution in [0, 0.1) is 12.7 Å². The molecule has 0 saturated carbocycles. The molecule has 0 amide bonds. The monoisotopic (exact) mass is 231 g/mol. The highest BCUT2D eigenvalue weighted by atomic mass is 19.1. The summed E-state index contributed by atoms with van der Waals surface area (Å²) in [7, 11) is 0. The van der Waals surface area contributed by atoms with Gasteiger partial charge in [0.2, 0.25) is 0 Å². The highest BCUT2D eigenvalue weighted by molar-refractivity contribution is 5.89. The van der Waals surface area contributed by atoms with Crippen LogP contribution >= 0.6 is 0 Å². The van der Waals surface area contributed by atoms with Crippen LogP contribution < -0.4 is 0 Å². The molecule has 0 spiro atoms. The third-order valence-corrected chi connectivity index (χ3v) is 2.40. The van der Waals surface area contributed by atoms with Gasteiger partial charge in [-0.25, -0.2) is 9.18 Å². The van der Waals surface area contributed by atoms with Gasteiger partial charge in [0.05, 0.1) is 17.5 Å².